The zero-order chi connectivity index (χ0) is 15.7. The van der Waals surface area contributed by atoms with Crippen molar-refractivity contribution in [2.45, 2.75) is 25.9 Å². The minimum Gasteiger partial charge on any atom is -0.370 e. The first kappa shape index (κ1) is 15.3. The van der Waals surface area contributed by atoms with Crippen LogP contribution < -0.4 is 11.1 Å². The van der Waals surface area contributed by atoms with Gasteiger partial charge < -0.3 is 11.1 Å². The van der Waals surface area contributed by atoms with Crippen LogP contribution in [-0.2, 0) is 24.3 Å². The van der Waals surface area contributed by atoms with Gasteiger partial charge in [0.05, 0.1) is 15.7 Å². The highest BCUT2D eigenvalue weighted by molar-refractivity contribution is 6.43. The molecule has 3 rings (SSSR count). The second-order valence-electron chi connectivity index (χ2n) is 5.24. The van der Waals surface area contributed by atoms with E-state index in [0.717, 1.165) is 42.0 Å². The maximum Gasteiger partial charge on any atom is 0.219 e. The topological polar surface area (TPSA) is 72.9 Å². The molecule has 22 heavy (non-hydrogen) atoms. The maximum atomic E-state index is 11.0. The number of benzene rings is 1. The number of hydrogen-bond donors (Lipinski definition) is 2. The number of aryl methyl sites for hydroxylation is 1. The van der Waals surface area contributed by atoms with E-state index in [1.54, 1.807) is 6.07 Å². The highest BCUT2D eigenvalue weighted by atomic mass is 35.5. The molecule has 116 valence electrons. The number of aromatic nitrogens is 2. The summed E-state index contributed by atoms with van der Waals surface area (Å²) >= 11 is 12.4. The number of carbonyl (C=O) groups excluding carboxylic acids is 1. The number of fused-ring (bicyclic) bond motifs is 1. The average Bonchev–Trinajstić information content (AvgIpc) is 2.87. The van der Waals surface area contributed by atoms with Gasteiger partial charge in [0.1, 0.15) is 0 Å². The molecule has 1 aliphatic rings. The highest BCUT2D eigenvalue weighted by Crippen LogP contribution is 2.36. The molecule has 2 aromatic rings. The van der Waals surface area contributed by atoms with Crippen LogP contribution in [0.4, 0.5) is 0 Å². The van der Waals surface area contributed by atoms with Crippen LogP contribution >= 0.6 is 23.2 Å². The van der Waals surface area contributed by atoms with Gasteiger partial charge in [-0.05, 0) is 6.07 Å². The lowest BCUT2D eigenvalue weighted by molar-refractivity contribution is -0.118. The van der Waals surface area contributed by atoms with E-state index in [9.17, 15) is 4.79 Å². The molecule has 0 fully saturated rings. The minimum absolute atomic E-state index is 0.268. The average molecular weight is 339 g/mol. The second-order valence-corrected chi connectivity index (χ2v) is 6.03. The number of nitrogens with two attached hydrogens (primary N) is 1. The van der Waals surface area contributed by atoms with Crippen molar-refractivity contribution in [2.75, 3.05) is 6.54 Å². The molecule has 0 aliphatic carbocycles. The lowest BCUT2D eigenvalue weighted by Gasteiger charge is -2.15. The minimum atomic E-state index is -0.333. The van der Waals surface area contributed by atoms with Gasteiger partial charge in [-0.2, -0.15) is 5.10 Å². The summed E-state index contributed by atoms with van der Waals surface area (Å²) in [6.07, 6.45) is 1.13. The van der Waals surface area contributed by atoms with Gasteiger partial charge in [-0.1, -0.05) is 35.3 Å². The van der Waals surface area contributed by atoms with Crippen LogP contribution in [0.5, 0.6) is 0 Å². The van der Waals surface area contributed by atoms with Crippen LogP contribution in [0.25, 0.3) is 11.3 Å². The summed E-state index contributed by atoms with van der Waals surface area (Å²) in [7, 11) is 0. The monoisotopic (exact) mass is 338 g/mol. The summed E-state index contributed by atoms with van der Waals surface area (Å²) in [4.78, 5) is 11.0. The molecule has 2 heterocycles. The molecule has 7 heteroatoms. The number of rotatable bonds is 4. The van der Waals surface area contributed by atoms with Crippen molar-refractivity contribution in [1.29, 1.82) is 0 Å². The molecule has 0 atom stereocenters. The quantitative estimate of drug-likeness (QED) is 0.898. The molecule has 5 nitrogen and oxygen atoms in total. The van der Waals surface area contributed by atoms with Gasteiger partial charge in [0, 0.05) is 49.3 Å². The predicted octanol–water partition coefficient (Wildman–Crippen LogP) is 2.38. The van der Waals surface area contributed by atoms with E-state index in [-0.39, 0.29) is 12.3 Å². The Morgan fingerprint density at radius 3 is 3.00 bits per heavy atom. The lowest BCUT2D eigenvalue weighted by Crippen LogP contribution is -2.25. The highest BCUT2D eigenvalue weighted by Gasteiger charge is 2.23. The Kier molecular flexibility index (Phi) is 4.38. The maximum absolute atomic E-state index is 11.0. The third kappa shape index (κ3) is 2.84. The molecule has 1 aliphatic heterocycles. The van der Waals surface area contributed by atoms with Crippen molar-refractivity contribution < 1.29 is 4.79 Å². The molecular weight excluding hydrogens is 323 g/mol. The molecule has 1 amide bonds. The summed E-state index contributed by atoms with van der Waals surface area (Å²) in [5.74, 6) is -0.333. The third-order valence-electron chi connectivity index (χ3n) is 3.78. The first-order chi connectivity index (χ1) is 10.6. The fourth-order valence-corrected chi connectivity index (χ4v) is 3.11. The largest absolute Gasteiger partial charge is 0.370 e. The summed E-state index contributed by atoms with van der Waals surface area (Å²) in [6, 6.07) is 5.51. The number of amides is 1. The summed E-state index contributed by atoms with van der Waals surface area (Å²) < 4.78 is 1.87. The Morgan fingerprint density at radius 2 is 2.23 bits per heavy atom. The van der Waals surface area contributed by atoms with Crippen molar-refractivity contribution in [3.63, 3.8) is 0 Å². The van der Waals surface area contributed by atoms with Crippen LogP contribution in [0.3, 0.4) is 0 Å². The van der Waals surface area contributed by atoms with Gasteiger partial charge in [0.25, 0.3) is 0 Å². The number of hydrogen-bond acceptors (Lipinski definition) is 3. The van der Waals surface area contributed by atoms with Gasteiger partial charge >= 0.3 is 0 Å². The fourth-order valence-electron chi connectivity index (χ4n) is 2.72. The molecule has 0 bridgehead atoms. The summed E-state index contributed by atoms with van der Waals surface area (Å²) in [5, 5.41) is 9.00. The van der Waals surface area contributed by atoms with E-state index in [1.165, 1.54) is 0 Å². The summed E-state index contributed by atoms with van der Waals surface area (Å²) in [6.45, 7) is 2.10. The van der Waals surface area contributed by atoms with Crippen LogP contribution in [-0.4, -0.2) is 22.2 Å². The Balaban J connectivity index is 2.07. The Bertz CT molecular complexity index is 727. The SMILES string of the molecule is NC(=O)CCn1nc(-c2cccc(Cl)c2Cl)c2c1CCNC2. The molecule has 1 aromatic heterocycles. The Morgan fingerprint density at radius 1 is 1.41 bits per heavy atom. The van der Waals surface area contributed by atoms with Gasteiger partial charge in [-0.3, -0.25) is 9.48 Å². The number of nitrogens with zero attached hydrogens (tertiary/aromatic N) is 2. The van der Waals surface area contributed by atoms with Crippen LogP contribution in [0, 0.1) is 0 Å². The molecule has 0 saturated heterocycles. The Labute approximate surface area is 138 Å². The van der Waals surface area contributed by atoms with E-state index < -0.39 is 0 Å². The number of nitrogens with one attached hydrogen (secondary N) is 1. The van der Waals surface area contributed by atoms with Gasteiger partial charge in [-0.15, -0.1) is 0 Å². The van der Waals surface area contributed by atoms with Crippen molar-refractivity contribution in [2.24, 2.45) is 5.73 Å². The van der Waals surface area contributed by atoms with Crippen LogP contribution in [0.1, 0.15) is 17.7 Å². The third-order valence-corrected chi connectivity index (χ3v) is 4.60. The molecule has 0 saturated carbocycles. The standard InChI is InChI=1S/C15H16Cl2N4O/c16-11-3-1-2-9(14(11)17)15-10-8-19-6-4-12(10)21(20-15)7-5-13(18)22/h1-3,19H,4-8H2,(H2,18,22). The van der Waals surface area contributed by atoms with E-state index in [1.807, 2.05) is 16.8 Å². The van der Waals surface area contributed by atoms with Gasteiger partial charge in [-0.25, -0.2) is 0 Å². The molecule has 0 unspecified atom stereocenters. The second kappa shape index (κ2) is 6.28. The van der Waals surface area contributed by atoms with Crippen LogP contribution in [0.15, 0.2) is 18.2 Å². The van der Waals surface area contributed by atoms with Crippen molar-refractivity contribution in [1.82, 2.24) is 15.1 Å². The van der Waals surface area contributed by atoms with E-state index >= 15 is 0 Å². The zero-order valence-corrected chi connectivity index (χ0v) is 13.4. The molecule has 0 spiro atoms. The van der Waals surface area contributed by atoms with E-state index in [2.05, 4.69) is 10.4 Å². The van der Waals surface area contributed by atoms with Gasteiger partial charge in [0.2, 0.25) is 5.91 Å². The zero-order valence-electron chi connectivity index (χ0n) is 11.9. The lowest BCUT2D eigenvalue weighted by atomic mass is 10.0. The molecule has 1 aromatic carbocycles. The van der Waals surface area contributed by atoms with E-state index in [4.69, 9.17) is 28.9 Å². The smallest absolute Gasteiger partial charge is 0.219 e. The molecular formula is C15H16Cl2N4O. The number of carbonyl (C=O) groups is 1. The number of halogens is 2. The van der Waals surface area contributed by atoms with Crippen molar-refractivity contribution in [3.8, 4) is 11.3 Å². The molecule has 3 N–H and O–H groups in total. The fraction of sp³-hybridized carbons (Fsp3) is 0.333. The van der Waals surface area contributed by atoms with Gasteiger partial charge in [0.15, 0.2) is 0 Å². The number of primary amides is 1. The van der Waals surface area contributed by atoms with Crippen molar-refractivity contribution >= 4 is 29.1 Å². The summed E-state index contributed by atoms with van der Waals surface area (Å²) in [5.41, 5.74) is 9.12. The predicted molar refractivity (Wildman–Crippen MR) is 86.9 cm³/mol. The first-order valence-electron chi connectivity index (χ1n) is 7.10. The van der Waals surface area contributed by atoms with Crippen LogP contribution in [0.2, 0.25) is 10.0 Å². The van der Waals surface area contributed by atoms with E-state index in [0.29, 0.717) is 16.6 Å². The van der Waals surface area contributed by atoms with Crippen molar-refractivity contribution in [3.05, 3.63) is 39.5 Å². The first-order valence-corrected chi connectivity index (χ1v) is 7.85. The Hall–Kier alpha value is -1.56. The molecule has 0 radical (unpaired) electrons. The normalized spacial score (nSPS) is 13.9.